The fourth-order valence-corrected chi connectivity index (χ4v) is 2.94. The van der Waals surface area contributed by atoms with E-state index in [2.05, 4.69) is 4.98 Å². The summed E-state index contributed by atoms with van der Waals surface area (Å²) in [5, 5.41) is 0.452. The van der Waals surface area contributed by atoms with Gasteiger partial charge in [-0.15, -0.1) is 0 Å². The Labute approximate surface area is 96.5 Å². The highest BCUT2D eigenvalue weighted by atomic mass is 32.2. The average Bonchev–Trinajstić information content (AvgIpc) is 3.11. The normalized spacial score (nSPS) is 18.8. The van der Waals surface area contributed by atoms with Gasteiger partial charge in [0.2, 0.25) is 0 Å². The molecule has 1 fully saturated rings. The first-order valence-corrected chi connectivity index (χ1v) is 6.36. The molecule has 0 bridgehead atoms. The summed E-state index contributed by atoms with van der Waals surface area (Å²) in [7, 11) is -1.40. The van der Waals surface area contributed by atoms with E-state index in [0.29, 0.717) is 24.5 Å². The fraction of sp³-hybridized carbons (Fsp3) is 0.455. The van der Waals surface area contributed by atoms with Crippen LogP contribution >= 0.6 is 0 Å². The molecule has 1 aromatic rings. The first kappa shape index (κ1) is 11.3. The van der Waals surface area contributed by atoms with E-state index < -0.39 is 15.5 Å². The van der Waals surface area contributed by atoms with Gasteiger partial charge in [0.05, 0.1) is 17.4 Å². The predicted molar refractivity (Wildman–Crippen MR) is 59.2 cm³/mol. The van der Waals surface area contributed by atoms with Gasteiger partial charge in [-0.3, -0.25) is 9.00 Å². The molecule has 0 saturated heterocycles. The second-order valence-corrected chi connectivity index (χ2v) is 5.39. The van der Waals surface area contributed by atoms with Crippen LogP contribution in [-0.2, 0) is 20.3 Å². The molecule has 86 valence electrons. The Morgan fingerprint density at radius 2 is 2.31 bits per heavy atom. The highest BCUT2D eigenvalue weighted by Crippen LogP contribution is 2.44. The highest BCUT2D eigenvalue weighted by Gasteiger charge is 2.57. The van der Waals surface area contributed by atoms with Gasteiger partial charge >= 0.3 is 5.97 Å². The minimum Gasteiger partial charge on any atom is -0.465 e. The SMILES string of the molecule is CCOC(=O)C1(S(=O)c2ccccn2)CC1. The minimum absolute atomic E-state index is 0.319. The van der Waals surface area contributed by atoms with Crippen LogP contribution in [0.1, 0.15) is 19.8 Å². The van der Waals surface area contributed by atoms with Crippen LogP contribution < -0.4 is 0 Å². The molecule has 1 saturated carbocycles. The van der Waals surface area contributed by atoms with Crippen molar-refractivity contribution in [3.05, 3.63) is 24.4 Å². The number of hydrogen-bond acceptors (Lipinski definition) is 4. The summed E-state index contributed by atoms with van der Waals surface area (Å²) >= 11 is 0. The molecule has 0 N–H and O–H groups in total. The van der Waals surface area contributed by atoms with Crippen molar-refractivity contribution in [1.29, 1.82) is 0 Å². The van der Waals surface area contributed by atoms with Gasteiger partial charge in [0.1, 0.15) is 9.77 Å². The maximum atomic E-state index is 12.2. The number of pyridine rings is 1. The Morgan fingerprint density at radius 1 is 1.56 bits per heavy atom. The number of esters is 1. The molecule has 1 aliphatic carbocycles. The zero-order valence-electron chi connectivity index (χ0n) is 9.01. The lowest BCUT2D eigenvalue weighted by Gasteiger charge is -2.12. The van der Waals surface area contributed by atoms with E-state index in [4.69, 9.17) is 4.74 Å². The third-order valence-corrected chi connectivity index (χ3v) is 4.44. The number of carbonyl (C=O) groups excluding carboxylic acids is 1. The first-order valence-electron chi connectivity index (χ1n) is 5.21. The second kappa shape index (κ2) is 4.33. The summed E-state index contributed by atoms with van der Waals surface area (Å²) < 4.78 is 16.3. The smallest absolute Gasteiger partial charge is 0.325 e. The largest absolute Gasteiger partial charge is 0.465 e. The fourth-order valence-electron chi connectivity index (χ4n) is 1.50. The minimum atomic E-state index is -1.40. The van der Waals surface area contributed by atoms with E-state index in [0.717, 1.165) is 0 Å². The van der Waals surface area contributed by atoms with Gasteiger partial charge in [0.25, 0.3) is 0 Å². The van der Waals surface area contributed by atoms with Crippen LogP contribution in [0.3, 0.4) is 0 Å². The predicted octanol–water partition coefficient (Wildman–Crippen LogP) is 1.28. The van der Waals surface area contributed by atoms with Crippen LogP contribution in [0.4, 0.5) is 0 Å². The van der Waals surface area contributed by atoms with E-state index in [1.165, 1.54) is 0 Å². The average molecular weight is 239 g/mol. The Balaban J connectivity index is 2.20. The molecule has 4 nitrogen and oxygen atoms in total. The number of aromatic nitrogens is 1. The first-order chi connectivity index (χ1) is 7.70. The molecule has 16 heavy (non-hydrogen) atoms. The van der Waals surface area contributed by atoms with Gasteiger partial charge in [0, 0.05) is 6.20 Å². The summed E-state index contributed by atoms with van der Waals surface area (Å²) in [6.07, 6.45) is 2.82. The summed E-state index contributed by atoms with van der Waals surface area (Å²) in [6, 6.07) is 5.20. The second-order valence-electron chi connectivity index (χ2n) is 3.65. The van der Waals surface area contributed by atoms with E-state index >= 15 is 0 Å². The van der Waals surface area contributed by atoms with Crippen LogP contribution in [-0.4, -0.2) is 26.5 Å². The molecule has 1 atom stereocenters. The van der Waals surface area contributed by atoms with Gasteiger partial charge in [-0.05, 0) is 31.9 Å². The van der Waals surface area contributed by atoms with Gasteiger partial charge < -0.3 is 4.74 Å². The van der Waals surface area contributed by atoms with Gasteiger partial charge in [-0.2, -0.15) is 0 Å². The van der Waals surface area contributed by atoms with E-state index in [-0.39, 0.29) is 5.97 Å². The molecule has 0 aromatic carbocycles. The van der Waals surface area contributed by atoms with Crippen molar-refractivity contribution >= 4 is 16.8 Å². The molecular weight excluding hydrogens is 226 g/mol. The molecule has 5 heteroatoms. The number of ether oxygens (including phenoxy) is 1. The van der Waals surface area contributed by atoms with Crippen molar-refractivity contribution in [2.45, 2.75) is 29.5 Å². The number of rotatable bonds is 4. The lowest BCUT2D eigenvalue weighted by molar-refractivity contribution is -0.143. The van der Waals surface area contributed by atoms with Crippen LogP contribution in [0.5, 0.6) is 0 Å². The lowest BCUT2D eigenvalue weighted by atomic mass is 10.4. The standard InChI is InChI=1S/C11H13NO3S/c1-2-15-10(13)11(6-7-11)16(14)9-5-3-4-8-12-9/h3-5,8H,2,6-7H2,1H3. The van der Waals surface area contributed by atoms with E-state index in [1.54, 1.807) is 31.3 Å². The summed E-state index contributed by atoms with van der Waals surface area (Å²) in [6.45, 7) is 2.07. The maximum Gasteiger partial charge on any atom is 0.325 e. The van der Waals surface area contributed by atoms with Crippen molar-refractivity contribution in [3.8, 4) is 0 Å². The molecule has 0 radical (unpaired) electrons. The zero-order valence-corrected chi connectivity index (χ0v) is 9.83. The molecule has 0 spiro atoms. The third-order valence-electron chi connectivity index (χ3n) is 2.53. The van der Waals surface area contributed by atoms with E-state index in [1.807, 2.05) is 0 Å². The molecule has 0 amide bonds. The van der Waals surface area contributed by atoms with E-state index in [9.17, 15) is 9.00 Å². The number of nitrogens with zero attached hydrogens (tertiary/aromatic N) is 1. The summed E-state index contributed by atoms with van der Waals surface area (Å²) in [4.78, 5) is 15.7. The molecule has 1 unspecified atom stereocenters. The molecule has 2 rings (SSSR count). The van der Waals surface area contributed by atoms with Crippen molar-refractivity contribution in [2.24, 2.45) is 0 Å². The molecule has 1 aromatic heterocycles. The summed E-state index contributed by atoms with van der Waals surface area (Å²) in [5.74, 6) is -0.362. The zero-order chi connectivity index (χ0) is 11.6. The molecular formula is C11H13NO3S. The Bertz CT molecular complexity index is 414. The van der Waals surface area contributed by atoms with Crippen molar-refractivity contribution in [2.75, 3.05) is 6.61 Å². The van der Waals surface area contributed by atoms with Gasteiger partial charge in [-0.25, -0.2) is 4.98 Å². The van der Waals surface area contributed by atoms with Crippen molar-refractivity contribution in [3.63, 3.8) is 0 Å². The quantitative estimate of drug-likeness (QED) is 0.743. The Hall–Kier alpha value is -1.23. The molecule has 1 aliphatic rings. The Kier molecular flexibility index (Phi) is 3.05. The Morgan fingerprint density at radius 3 is 2.81 bits per heavy atom. The number of carbonyl (C=O) groups is 1. The lowest BCUT2D eigenvalue weighted by Crippen LogP contribution is -2.30. The topological polar surface area (TPSA) is 56.3 Å². The van der Waals surface area contributed by atoms with Crippen molar-refractivity contribution < 1.29 is 13.7 Å². The van der Waals surface area contributed by atoms with Crippen molar-refractivity contribution in [1.82, 2.24) is 4.98 Å². The van der Waals surface area contributed by atoms with Crippen LogP contribution in [0.2, 0.25) is 0 Å². The maximum absolute atomic E-state index is 12.2. The van der Waals surface area contributed by atoms with Crippen LogP contribution in [0, 0.1) is 0 Å². The molecule has 1 heterocycles. The van der Waals surface area contributed by atoms with Crippen LogP contribution in [0.15, 0.2) is 29.4 Å². The van der Waals surface area contributed by atoms with Gasteiger partial charge in [0.15, 0.2) is 0 Å². The highest BCUT2D eigenvalue weighted by molar-refractivity contribution is 7.87. The third kappa shape index (κ3) is 1.87. The summed E-state index contributed by atoms with van der Waals surface area (Å²) in [5.41, 5.74) is 0. The monoisotopic (exact) mass is 239 g/mol. The van der Waals surface area contributed by atoms with Gasteiger partial charge in [-0.1, -0.05) is 6.07 Å². The molecule has 0 aliphatic heterocycles. The number of hydrogen-bond donors (Lipinski definition) is 0. The van der Waals surface area contributed by atoms with Crippen LogP contribution in [0.25, 0.3) is 0 Å².